The fourth-order valence-electron chi connectivity index (χ4n) is 3.40. The average Bonchev–Trinajstić information content (AvgIpc) is 2.89. The number of nitrogens with one attached hydrogen (secondary N) is 2. The monoisotopic (exact) mass is 357 g/mol. The first-order chi connectivity index (χ1) is 12.5. The third-order valence-corrected chi connectivity index (χ3v) is 4.71. The Morgan fingerprint density at radius 1 is 1.15 bits per heavy atom. The zero-order valence-electron chi connectivity index (χ0n) is 15.4. The molecule has 6 nitrogen and oxygen atoms in total. The van der Waals surface area contributed by atoms with Gasteiger partial charge >= 0.3 is 0 Å². The lowest BCUT2D eigenvalue weighted by Crippen LogP contribution is -2.29. The minimum atomic E-state index is -0.531. The highest BCUT2D eigenvalue weighted by Crippen LogP contribution is 2.33. The zero-order chi connectivity index (χ0) is 18.7. The number of aromatic amines is 1. The molecule has 1 fully saturated rings. The molecule has 6 heteroatoms. The van der Waals surface area contributed by atoms with Crippen LogP contribution in [0.1, 0.15) is 49.2 Å². The number of aromatic hydroxyl groups is 2. The van der Waals surface area contributed by atoms with Crippen LogP contribution in [0, 0.1) is 5.92 Å². The van der Waals surface area contributed by atoms with Gasteiger partial charge in [0.25, 0.3) is 5.91 Å². The van der Waals surface area contributed by atoms with Crippen LogP contribution < -0.4 is 10.2 Å². The van der Waals surface area contributed by atoms with E-state index in [1.807, 2.05) is 38.1 Å². The predicted molar refractivity (Wildman–Crippen MR) is 103 cm³/mol. The Bertz CT molecular complexity index is 759. The summed E-state index contributed by atoms with van der Waals surface area (Å²) >= 11 is 0. The lowest BCUT2D eigenvalue weighted by Gasteiger charge is -2.28. The Hall–Kier alpha value is -2.63. The number of amides is 1. The molecule has 140 valence electrons. The van der Waals surface area contributed by atoms with Crippen LogP contribution >= 0.6 is 0 Å². The molecule has 0 atom stereocenters. The first-order valence-electron chi connectivity index (χ1n) is 9.25. The summed E-state index contributed by atoms with van der Waals surface area (Å²) in [6.07, 6.45) is 4.26. The number of H-pyrrole nitrogens is 1. The molecule has 0 aliphatic carbocycles. The van der Waals surface area contributed by atoms with Gasteiger partial charge in [-0.05, 0) is 55.9 Å². The first kappa shape index (κ1) is 18.2. The lowest BCUT2D eigenvalue weighted by molar-refractivity contribution is 0.102. The highest BCUT2D eigenvalue weighted by Gasteiger charge is 2.23. The van der Waals surface area contributed by atoms with Gasteiger partial charge in [-0.1, -0.05) is 13.8 Å². The normalized spacial score (nSPS) is 14.7. The maximum atomic E-state index is 12.5. The number of carbonyl (C=O) groups excluding carboxylic acids is 1. The number of aromatic nitrogens is 1. The van der Waals surface area contributed by atoms with Crippen molar-refractivity contribution < 1.29 is 15.0 Å². The third kappa shape index (κ3) is 3.95. The van der Waals surface area contributed by atoms with Crippen molar-refractivity contribution in [3.63, 3.8) is 0 Å². The summed E-state index contributed by atoms with van der Waals surface area (Å²) in [6.45, 7) is 6.13. The number of anilines is 2. The largest absolute Gasteiger partial charge is 0.505 e. The number of nitrogens with zero attached hydrogens (tertiary/aromatic N) is 1. The second-order valence-corrected chi connectivity index (χ2v) is 7.32. The first-order valence-corrected chi connectivity index (χ1v) is 9.25. The van der Waals surface area contributed by atoms with E-state index >= 15 is 0 Å². The standard InChI is InChI=1S/C20H27N3O3/c1-13(2)12-16-18(24)17(20(26)22-16)19(25)21-14-6-8-15(9-7-14)23-10-4-3-5-11-23/h6-9,13,22,24,26H,3-5,10-12H2,1-2H3,(H,21,25). The Morgan fingerprint density at radius 3 is 2.42 bits per heavy atom. The van der Waals surface area contributed by atoms with Crippen LogP contribution in [0.3, 0.4) is 0 Å². The molecule has 0 spiro atoms. The maximum Gasteiger partial charge on any atom is 0.264 e. The van der Waals surface area contributed by atoms with Crippen LogP contribution in [0.2, 0.25) is 0 Å². The van der Waals surface area contributed by atoms with Crippen molar-refractivity contribution in [3.05, 3.63) is 35.5 Å². The zero-order valence-corrected chi connectivity index (χ0v) is 15.4. The van der Waals surface area contributed by atoms with Crippen molar-refractivity contribution in [2.45, 2.75) is 39.5 Å². The van der Waals surface area contributed by atoms with Crippen molar-refractivity contribution in [2.24, 2.45) is 5.92 Å². The van der Waals surface area contributed by atoms with Gasteiger partial charge in [0.1, 0.15) is 5.56 Å². The van der Waals surface area contributed by atoms with Gasteiger partial charge in [0.15, 0.2) is 5.75 Å². The summed E-state index contributed by atoms with van der Waals surface area (Å²) in [4.78, 5) is 17.5. The molecular formula is C20H27N3O3. The summed E-state index contributed by atoms with van der Waals surface area (Å²) < 4.78 is 0. The fourth-order valence-corrected chi connectivity index (χ4v) is 3.40. The van der Waals surface area contributed by atoms with Crippen LogP contribution in [0.4, 0.5) is 11.4 Å². The predicted octanol–water partition coefficient (Wildman–Crippen LogP) is 3.87. The molecule has 3 rings (SSSR count). The SMILES string of the molecule is CC(C)Cc1[nH]c(O)c(C(=O)Nc2ccc(N3CCCCC3)cc2)c1O. The van der Waals surface area contributed by atoms with Crippen LogP contribution in [0.15, 0.2) is 24.3 Å². The molecule has 0 bridgehead atoms. The van der Waals surface area contributed by atoms with E-state index in [1.54, 1.807) is 0 Å². The van der Waals surface area contributed by atoms with E-state index in [9.17, 15) is 15.0 Å². The molecule has 4 N–H and O–H groups in total. The van der Waals surface area contributed by atoms with Crippen LogP contribution in [0.5, 0.6) is 11.6 Å². The summed E-state index contributed by atoms with van der Waals surface area (Å²) in [6, 6.07) is 7.67. The van der Waals surface area contributed by atoms with Gasteiger partial charge in [-0.15, -0.1) is 0 Å². The smallest absolute Gasteiger partial charge is 0.264 e. The van der Waals surface area contributed by atoms with Gasteiger partial charge in [0, 0.05) is 24.5 Å². The minimum Gasteiger partial charge on any atom is -0.505 e. The molecule has 1 amide bonds. The van der Waals surface area contributed by atoms with E-state index in [2.05, 4.69) is 15.2 Å². The van der Waals surface area contributed by atoms with Crippen molar-refractivity contribution >= 4 is 17.3 Å². The topological polar surface area (TPSA) is 88.6 Å². The number of hydrogen-bond acceptors (Lipinski definition) is 4. The van der Waals surface area contributed by atoms with Crippen molar-refractivity contribution in [3.8, 4) is 11.6 Å². The molecule has 2 heterocycles. The fraction of sp³-hybridized carbons (Fsp3) is 0.450. The van der Waals surface area contributed by atoms with Crippen LogP contribution in [-0.4, -0.2) is 34.2 Å². The van der Waals surface area contributed by atoms with Gasteiger partial charge in [-0.25, -0.2) is 0 Å². The second kappa shape index (κ2) is 7.72. The molecule has 1 aromatic heterocycles. The van der Waals surface area contributed by atoms with Crippen LogP contribution in [-0.2, 0) is 6.42 Å². The van der Waals surface area contributed by atoms with Crippen molar-refractivity contribution in [1.82, 2.24) is 4.98 Å². The number of benzene rings is 1. The van der Waals surface area contributed by atoms with Crippen LogP contribution in [0.25, 0.3) is 0 Å². The number of rotatable bonds is 5. The Labute approximate surface area is 153 Å². The summed E-state index contributed by atoms with van der Waals surface area (Å²) in [5.74, 6) is -0.728. The Balaban J connectivity index is 1.71. The third-order valence-electron chi connectivity index (χ3n) is 4.71. The van der Waals surface area contributed by atoms with Crippen molar-refractivity contribution in [2.75, 3.05) is 23.3 Å². The van der Waals surface area contributed by atoms with E-state index in [1.165, 1.54) is 19.3 Å². The number of piperidine rings is 1. The highest BCUT2D eigenvalue weighted by atomic mass is 16.3. The highest BCUT2D eigenvalue weighted by molar-refractivity contribution is 6.08. The molecule has 1 aliphatic heterocycles. The molecular weight excluding hydrogens is 330 g/mol. The molecule has 1 aliphatic rings. The molecule has 1 aromatic carbocycles. The molecule has 1 saturated heterocycles. The second-order valence-electron chi connectivity index (χ2n) is 7.32. The molecule has 0 radical (unpaired) electrons. The van der Waals surface area contributed by atoms with E-state index in [0.29, 0.717) is 17.8 Å². The lowest BCUT2D eigenvalue weighted by atomic mass is 10.1. The molecule has 0 saturated carbocycles. The van der Waals surface area contributed by atoms with Gasteiger partial charge < -0.3 is 25.4 Å². The van der Waals surface area contributed by atoms with Crippen molar-refractivity contribution in [1.29, 1.82) is 0 Å². The van der Waals surface area contributed by atoms with Gasteiger partial charge in [0.2, 0.25) is 5.88 Å². The van der Waals surface area contributed by atoms with Gasteiger partial charge in [-0.2, -0.15) is 0 Å². The molecule has 26 heavy (non-hydrogen) atoms. The number of carbonyl (C=O) groups is 1. The number of hydrogen-bond donors (Lipinski definition) is 4. The van der Waals surface area contributed by atoms with Gasteiger partial charge in [0.05, 0.1) is 5.69 Å². The minimum absolute atomic E-state index is 0.110. The Morgan fingerprint density at radius 2 is 1.81 bits per heavy atom. The Kier molecular flexibility index (Phi) is 5.40. The summed E-state index contributed by atoms with van der Waals surface area (Å²) in [5.41, 5.74) is 2.14. The average molecular weight is 357 g/mol. The maximum absolute atomic E-state index is 12.5. The van der Waals surface area contributed by atoms with E-state index in [4.69, 9.17) is 0 Å². The van der Waals surface area contributed by atoms with Gasteiger partial charge in [-0.3, -0.25) is 4.79 Å². The van der Waals surface area contributed by atoms with E-state index in [0.717, 1.165) is 18.8 Å². The quantitative estimate of drug-likeness (QED) is 0.654. The summed E-state index contributed by atoms with van der Waals surface area (Å²) in [7, 11) is 0. The molecule has 2 aromatic rings. The van der Waals surface area contributed by atoms with E-state index in [-0.39, 0.29) is 23.1 Å². The van der Waals surface area contributed by atoms with E-state index < -0.39 is 5.91 Å². The molecule has 0 unspecified atom stereocenters. The summed E-state index contributed by atoms with van der Waals surface area (Å²) in [5, 5.41) is 23.0.